The summed E-state index contributed by atoms with van der Waals surface area (Å²) in [7, 11) is -2.04. The van der Waals surface area contributed by atoms with Crippen LogP contribution in [-0.4, -0.2) is 33.9 Å². The van der Waals surface area contributed by atoms with E-state index in [4.69, 9.17) is 0 Å². The van der Waals surface area contributed by atoms with Gasteiger partial charge >= 0.3 is 5.97 Å². The lowest BCUT2D eigenvalue weighted by atomic mass is 10.1. The molecule has 5 nitrogen and oxygen atoms in total. The third kappa shape index (κ3) is 13.4. The van der Waals surface area contributed by atoms with E-state index in [9.17, 15) is 13.2 Å². The van der Waals surface area contributed by atoms with Crippen LogP contribution in [0, 0.1) is 5.92 Å². The Morgan fingerprint density at radius 3 is 2.11 bits per heavy atom. The lowest BCUT2D eigenvalue weighted by Gasteiger charge is -2.08. The third-order valence-corrected chi connectivity index (χ3v) is 3.63. The zero-order valence-electron chi connectivity index (χ0n) is 12.6. The highest BCUT2D eigenvalue weighted by molar-refractivity contribution is 7.86. The van der Waals surface area contributed by atoms with Gasteiger partial charge in [0, 0.05) is 5.57 Å². The second kappa shape index (κ2) is 11.0. The number of rotatable bonds is 7. The van der Waals surface area contributed by atoms with Crippen LogP contribution in [0.25, 0.3) is 0 Å². The molecule has 0 aliphatic rings. The Morgan fingerprint density at radius 1 is 1.32 bits per heavy atom. The number of esters is 1. The summed E-state index contributed by atoms with van der Waals surface area (Å²) >= 11 is 0. The molecule has 0 aromatic carbocycles. The van der Waals surface area contributed by atoms with E-state index in [0.717, 1.165) is 12.8 Å². The molecule has 1 atom stereocenters. The molecular weight excluding hydrogens is 268 g/mol. The van der Waals surface area contributed by atoms with Crippen molar-refractivity contribution in [3.8, 4) is 0 Å². The Hall–Kier alpha value is -0.880. The van der Waals surface area contributed by atoms with Gasteiger partial charge in [-0.1, -0.05) is 26.8 Å². The zero-order chi connectivity index (χ0) is 15.5. The first kappa shape index (κ1) is 20.4. The summed E-state index contributed by atoms with van der Waals surface area (Å²) in [6.45, 7) is 11.2. The monoisotopic (exact) mass is 294 g/mol. The van der Waals surface area contributed by atoms with E-state index in [0.29, 0.717) is 12.2 Å². The number of ether oxygens (including phenoxy) is 1. The van der Waals surface area contributed by atoms with Gasteiger partial charge in [-0.25, -0.2) is 4.79 Å². The second-order valence-electron chi connectivity index (χ2n) is 4.29. The van der Waals surface area contributed by atoms with Gasteiger partial charge < -0.3 is 4.74 Å². The largest absolute Gasteiger partial charge is 0.463 e. The molecule has 6 heteroatoms. The van der Waals surface area contributed by atoms with Crippen LogP contribution >= 0.6 is 0 Å². The molecule has 0 bridgehead atoms. The molecule has 1 unspecified atom stereocenters. The van der Waals surface area contributed by atoms with Crippen molar-refractivity contribution in [2.45, 2.75) is 40.5 Å². The molecule has 0 saturated carbocycles. The van der Waals surface area contributed by atoms with E-state index in [2.05, 4.69) is 15.5 Å². The number of hydrogen-bond donors (Lipinski definition) is 0. The highest BCUT2D eigenvalue weighted by Gasteiger charge is 2.13. The molecule has 0 saturated heterocycles. The SMILES string of the molecule is C=C(C)C(=O)OCC.CCCC(C)CS(=O)(=O)OC. The van der Waals surface area contributed by atoms with Gasteiger partial charge in [-0.2, -0.15) is 8.42 Å². The Morgan fingerprint density at radius 2 is 1.84 bits per heavy atom. The highest BCUT2D eigenvalue weighted by atomic mass is 32.2. The van der Waals surface area contributed by atoms with E-state index in [-0.39, 0.29) is 17.6 Å². The summed E-state index contributed by atoms with van der Waals surface area (Å²) in [4.78, 5) is 10.4. The van der Waals surface area contributed by atoms with Gasteiger partial charge in [0.25, 0.3) is 10.1 Å². The normalized spacial score (nSPS) is 12.1. The van der Waals surface area contributed by atoms with Crippen molar-refractivity contribution in [3.05, 3.63) is 12.2 Å². The van der Waals surface area contributed by atoms with Crippen LogP contribution in [0.5, 0.6) is 0 Å². The topological polar surface area (TPSA) is 69.7 Å². The van der Waals surface area contributed by atoms with Crippen LogP contribution in [0.15, 0.2) is 12.2 Å². The van der Waals surface area contributed by atoms with Crippen molar-refractivity contribution >= 4 is 16.1 Å². The van der Waals surface area contributed by atoms with Gasteiger partial charge in [0.2, 0.25) is 0 Å². The number of hydrogen-bond acceptors (Lipinski definition) is 5. The van der Waals surface area contributed by atoms with E-state index in [1.165, 1.54) is 7.11 Å². The first-order chi connectivity index (χ1) is 8.70. The predicted molar refractivity (Wildman–Crippen MR) is 76.3 cm³/mol. The maximum Gasteiger partial charge on any atom is 0.333 e. The Balaban J connectivity index is 0. The Bertz CT molecular complexity index is 359. The fraction of sp³-hybridized carbons (Fsp3) is 0.769. The molecule has 0 aliphatic heterocycles. The number of carbonyl (C=O) groups excluding carboxylic acids is 1. The van der Waals surface area contributed by atoms with Crippen LogP contribution in [0.2, 0.25) is 0 Å². The molecule has 0 spiro atoms. The smallest absolute Gasteiger partial charge is 0.333 e. The molecule has 0 rings (SSSR count). The predicted octanol–water partition coefficient (Wildman–Crippen LogP) is 2.52. The van der Waals surface area contributed by atoms with Crippen LogP contribution in [0.4, 0.5) is 0 Å². The maximum atomic E-state index is 10.9. The standard InChI is InChI=1S/C7H16O3S.C6H10O2/c1-4-5-7(2)6-11(8,9)10-3;1-4-8-6(7)5(2)3/h7H,4-6H2,1-3H3;2,4H2,1,3H3. The van der Waals surface area contributed by atoms with Gasteiger partial charge in [0.15, 0.2) is 0 Å². The fourth-order valence-corrected chi connectivity index (χ4v) is 2.25. The molecule has 114 valence electrons. The van der Waals surface area contributed by atoms with Crippen molar-refractivity contribution < 1.29 is 22.1 Å². The van der Waals surface area contributed by atoms with Gasteiger partial charge in [0.1, 0.15) is 0 Å². The van der Waals surface area contributed by atoms with Gasteiger partial charge in [0.05, 0.1) is 19.5 Å². The summed E-state index contributed by atoms with van der Waals surface area (Å²) in [5.41, 5.74) is 0.451. The average Bonchev–Trinajstić information content (AvgIpc) is 2.29. The highest BCUT2D eigenvalue weighted by Crippen LogP contribution is 2.08. The summed E-state index contributed by atoms with van der Waals surface area (Å²) in [5, 5.41) is 0. The minimum atomic E-state index is -3.24. The number of carbonyl (C=O) groups is 1. The molecule has 0 heterocycles. The van der Waals surface area contributed by atoms with Crippen molar-refractivity contribution in [1.29, 1.82) is 0 Å². The van der Waals surface area contributed by atoms with Crippen LogP contribution < -0.4 is 0 Å². The van der Waals surface area contributed by atoms with Crippen molar-refractivity contribution in [1.82, 2.24) is 0 Å². The van der Waals surface area contributed by atoms with Crippen molar-refractivity contribution in [3.63, 3.8) is 0 Å². The maximum absolute atomic E-state index is 10.9. The molecule has 0 aliphatic carbocycles. The third-order valence-electron chi connectivity index (χ3n) is 2.15. The van der Waals surface area contributed by atoms with Gasteiger partial charge in [-0.05, 0) is 26.2 Å². The molecule has 0 aromatic heterocycles. The van der Waals surface area contributed by atoms with E-state index >= 15 is 0 Å². The summed E-state index contributed by atoms with van der Waals surface area (Å²) in [6, 6.07) is 0. The lowest BCUT2D eigenvalue weighted by Crippen LogP contribution is -2.14. The molecule has 0 radical (unpaired) electrons. The Kier molecular flexibility index (Phi) is 11.8. The summed E-state index contributed by atoms with van der Waals surface area (Å²) in [5.74, 6) is 0.0228. The second-order valence-corrected chi connectivity index (χ2v) is 6.07. The molecule has 0 fully saturated rings. The molecule has 0 N–H and O–H groups in total. The van der Waals surface area contributed by atoms with Gasteiger partial charge in [-0.15, -0.1) is 0 Å². The fourth-order valence-electron chi connectivity index (χ4n) is 1.25. The van der Waals surface area contributed by atoms with Crippen LogP contribution in [-0.2, 0) is 23.8 Å². The van der Waals surface area contributed by atoms with E-state index in [1.807, 2.05) is 13.8 Å². The minimum absolute atomic E-state index is 0.136. The molecule has 0 aromatic rings. The van der Waals surface area contributed by atoms with E-state index in [1.54, 1.807) is 13.8 Å². The zero-order valence-corrected chi connectivity index (χ0v) is 13.4. The summed E-state index contributed by atoms with van der Waals surface area (Å²) in [6.07, 6.45) is 1.95. The van der Waals surface area contributed by atoms with Crippen molar-refractivity contribution in [2.75, 3.05) is 19.5 Å². The van der Waals surface area contributed by atoms with Crippen LogP contribution in [0.3, 0.4) is 0 Å². The van der Waals surface area contributed by atoms with Crippen molar-refractivity contribution in [2.24, 2.45) is 5.92 Å². The first-order valence-electron chi connectivity index (χ1n) is 6.31. The average molecular weight is 294 g/mol. The lowest BCUT2D eigenvalue weighted by molar-refractivity contribution is -0.138. The molecule has 19 heavy (non-hydrogen) atoms. The minimum Gasteiger partial charge on any atom is -0.463 e. The van der Waals surface area contributed by atoms with Gasteiger partial charge in [-0.3, -0.25) is 4.18 Å². The van der Waals surface area contributed by atoms with Crippen LogP contribution in [0.1, 0.15) is 40.5 Å². The van der Waals surface area contributed by atoms with E-state index < -0.39 is 10.1 Å². The molecular formula is C13H26O5S. The Labute approximate surface area is 117 Å². The molecule has 0 amide bonds. The quantitative estimate of drug-likeness (QED) is 0.410. The summed E-state index contributed by atoms with van der Waals surface area (Å²) < 4.78 is 30.6. The first-order valence-corrected chi connectivity index (χ1v) is 7.88.